The van der Waals surface area contributed by atoms with Crippen molar-refractivity contribution >= 4 is 11.6 Å². The van der Waals surface area contributed by atoms with Crippen molar-refractivity contribution in [3.05, 3.63) is 69.2 Å². The van der Waals surface area contributed by atoms with Crippen LogP contribution in [0.15, 0.2) is 36.4 Å². The van der Waals surface area contributed by atoms with E-state index in [0.29, 0.717) is 5.02 Å². The van der Waals surface area contributed by atoms with Crippen LogP contribution in [0.4, 0.5) is 0 Å². The molecule has 18 heavy (non-hydrogen) atoms. The molecule has 0 amide bonds. The van der Waals surface area contributed by atoms with E-state index in [1.165, 1.54) is 5.56 Å². The lowest BCUT2D eigenvalue weighted by molar-refractivity contribution is 0.219. The summed E-state index contributed by atoms with van der Waals surface area (Å²) in [6, 6.07) is 11.8. The van der Waals surface area contributed by atoms with Gasteiger partial charge in [-0.2, -0.15) is 0 Å². The van der Waals surface area contributed by atoms with Crippen LogP contribution in [-0.2, 0) is 0 Å². The predicted octanol–water partition coefficient (Wildman–Crippen LogP) is 4.35. The van der Waals surface area contributed by atoms with Gasteiger partial charge in [-0.05, 0) is 43.5 Å². The summed E-state index contributed by atoms with van der Waals surface area (Å²) in [6.45, 7) is 6.04. The molecule has 1 atom stereocenters. The average Bonchev–Trinajstić information content (AvgIpc) is 2.28. The summed E-state index contributed by atoms with van der Waals surface area (Å²) >= 11 is 6.20. The summed E-state index contributed by atoms with van der Waals surface area (Å²) in [4.78, 5) is 0. The minimum absolute atomic E-state index is 0.613. The smallest absolute Gasteiger partial charge is 0.106 e. The standard InChI is InChI=1S/C16H17ClO/c1-10-4-6-13(12(3)8-10)16(18)14-7-5-11(2)9-15(14)17/h4-9,16,18H,1-3H3. The number of aryl methyl sites for hydroxylation is 3. The van der Waals surface area contributed by atoms with Gasteiger partial charge in [0.2, 0.25) is 0 Å². The topological polar surface area (TPSA) is 20.2 Å². The van der Waals surface area contributed by atoms with E-state index in [1.807, 2.05) is 51.1 Å². The van der Waals surface area contributed by atoms with Crippen LogP contribution in [0.25, 0.3) is 0 Å². The predicted molar refractivity (Wildman–Crippen MR) is 76.2 cm³/mol. The van der Waals surface area contributed by atoms with Gasteiger partial charge in [-0.15, -0.1) is 0 Å². The molecule has 0 saturated heterocycles. The molecule has 0 aromatic heterocycles. The molecule has 2 heteroatoms. The van der Waals surface area contributed by atoms with Crippen molar-refractivity contribution in [1.82, 2.24) is 0 Å². The minimum Gasteiger partial charge on any atom is -0.384 e. The third-order valence-corrected chi connectivity index (χ3v) is 3.50. The zero-order valence-corrected chi connectivity index (χ0v) is 11.6. The van der Waals surface area contributed by atoms with Crippen LogP contribution in [0.3, 0.4) is 0 Å². The minimum atomic E-state index is -0.668. The zero-order chi connectivity index (χ0) is 13.3. The lowest BCUT2D eigenvalue weighted by Crippen LogP contribution is -2.03. The van der Waals surface area contributed by atoms with E-state index in [4.69, 9.17) is 11.6 Å². The fraction of sp³-hybridized carbons (Fsp3) is 0.250. The van der Waals surface area contributed by atoms with Crippen molar-refractivity contribution in [3.8, 4) is 0 Å². The summed E-state index contributed by atoms with van der Waals surface area (Å²) in [5.74, 6) is 0. The molecule has 0 aliphatic heterocycles. The Morgan fingerprint density at radius 1 is 0.889 bits per heavy atom. The number of aliphatic hydroxyl groups excluding tert-OH is 1. The van der Waals surface area contributed by atoms with Gasteiger partial charge >= 0.3 is 0 Å². The first-order chi connectivity index (χ1) is 8.49. The van der Waals surface area contributed by atoms with Crippen molar-refractivity contribution in [3.63, 3.8) is 0 Å². The third-order valence-electron chi connectivity index (χ3n) is 3.17. The molecule has 1 nitrogen and oxygen atoms in total. The first-order valence-corrected chi connectivity index (χ1v) is 6.38. The summed E-state index contributed by atoms with van der Waals surface area (Å²) in [7, 11) is 0. The Morgan fingerprint density at radius 3 is 2.00 bits per heavy atom. The molecule has 0 radical (unpaired) electrons. The van der Waals surface area contributed by atoms with Gasteiger partial charge in [0.25, 0.3) is 0 Å². The normalized spacial score (nSPS) is 12.5. The van der Waals surface area contributed by atoms with E-state index in [0.717, 1.165) is 22.3 Å². The molecule has 0 aliphatic rings. The van der Waals surface area contributed by atoms with Crippen LogP contribution >= 0.6 is 11.6 Å². The molecule has 94 valence electrons. The van der Waals surface area contributed by atoms with Crippen LogP contribution in [0, 0.1) is 20.8 Å². The maximum absolute atomic E-state index is 10.5. The van der Waals surface area contributed by atoms with Crippen molar-refractivity contribution in [2.45, 2.75) is 26.9 Å². The van der Waals surface area contributed by atoms with Crippen molar-refractivity contribution in [2.75, 3.05) is 0 Å². The van der Waals surface area contributed by atoms with Crippen LogP contribution in [-0.4, -0.2) is 5.11 Å². The number of hydrogen-bond acceptors (Lipinski definition) is 1. The van der Waals surface area contributed by atoms with Gasteiger partial charge in [0.15, 0.2) is 0 Å². The maximum atomic E-state index is 10.5. The molecule has 0 heterocycles. The Labute approximate surface area is 113 Å². The van der Waals surface area contributed by atoms with E-state index in [2.05, 4.69) is 6.07 Å². The number of rotatable bonds is 2. The van der Waals surface area contributed by atoms with Crippen molar-refractivity contribution in [1.29, 1.82) is 0 Å². The van der Waals surface area contributed by atoms with Crippen LogP contribution in [0.1, 0.15) is 33.9 Å². The molecule has 0 fully saturated rings. The zero-order valence-electron chi connectivity index (χ0n) is 10.9. The molecule has 2 aromatic rings. The van der Waals surface area contributed by atoms with Crippen molar-refractivity contribution in [2.24, 2.45) is 0 Å². The highest BCUT2D eigenvalue weighted by atomic mass is 35.5. The van der Waals surface area contributed by atoms with Crippen molar-refractivity contribution < 1.29 is 5.11 Å². The molecule has 0 spiro atoms. The van der Waals surface area contributed by atoms with Crippen LogP contribution in [0.2, 0.25) is 5.02 Å². The van der Waals surface area contributed by atoms with Gasteiger partial charge in [-0.1, -0.05) is 47.5 Å². The lowest BCUT2D eigenvalue weighted by atomic mass is 9.95. The number of aliphatic hydroxyl groups is 1. The highest BCUT2D eigenvalue weighted by molar-refractivity contribution is 6.31. The van der Waals surface area contributed by atoms with Gasteiger partial charge in [0.05, 0.1) is 0 Å². The second kappa shape index (κ2) is 5.13. The Kier molecular flexibility index (Phi) is 3.74. The number of hydrogen-bond donors (Lipinski definition) is 1. The molecule has 0 saturated carbocycles. The van der Waals surface area contributed by atoms with Crippen LogP contribution in [0.5, 0.6) is 0 Å². The first kappa shape index (κ1) is 13.1. The van der Waals surface area contributed by atoms with E-state index < -0.39 is 6.10 Å². The summed E-state index contributed by atoms with van der Waals surface area (Å²) in [6.07, 6.45) is -0.668. The van der Waals surface area contributed by atoms with E-state index in [1.54, 1.807) is 0 Å². The highest BCUT2D eigenvalue weighted by Gasteiger charge is 2.15. The van der Waals surface area contributed by atoms with Gasteiger partial charge in [0.1, 0.15) is 6.10 Å². The number of benzene rings is 2. The second-order valence-corrected chi connectivity index (χ2v) is 5.19. The van der Waals surface area contributed by atoms with Gasteiger partial charge in [0, 0.05) is 10.6 Å². The molecule has 0 bridgehead atoms. The first-order valence-electron chi connectivity index (χ1n) is 6.00. The molecule has 2 rings (SSSR count). The van der Waals surface area contributed by atoms with E-state index >= 15 is 0 Å². The lowest BCUT2D eigenvalue weighted by Gasteiger charge is -2.16. The molecule has 1 N–H and O–H groups in total. The Hall–Kier alpha value is -1.31. The molecule has 0 aliphatic carbocycles. The fourth-order valence-corrected chi connectivity index (χ4v) is 2.49. The van der Waals surface area contributed by atoms with E-state index in [-0.39, 0.29) is 0 Å². The van der Waals surface area contributed by atoms with Gasteiger partial charge in [-0.25, -0.2) is 0 Å². The number of halogens is 1. The molecular formula is C16H17ClO. The highest BCUT2D eigenvalue weighted by Crippen LogP contribution is 2.30. The third kappa shape index (κ3) is 2.58. The fourth-order valence-electron chi connectivity index (χ4n) is 2.15. The summed E-state index contributed by atoms with van der Waals surface area (Å²) < 4.78 is 0. The Morgan fingerprint density at radius 2 is 1.44 bits per heavy atom. The quantitative estimate of drug-likeness (QED) is 0.851. The maximum Gasteiger partial charge on any atom is 0.106 e. The van der Waals surface area contributed by atoms with Gasteiger partial charge < -0.3 is 5.11 Å². The largest absolute Gasteiger partial charge is 0.384 e. The Balaban J connectivity index is 2.44. The molecular weight excluding hydrogens is 244 g/mol. The SMILES string of the molecule is Cc1ccc(C(O)c2ccc(C)cc2Cl)c(C)c1. The monoisotopic (exact) mass is 260 g/mol. The molecule has 2 aromatic carbocycles. The summed E-state index contributed by atoms with van der Waals surface area (Å²) in [5, 5.41) is 11.1. The second-order valence-electron chi connectivity index (χ2n) is 4.79. The van der Waals surface area contributed by atoms with Gasteiger partial charge in [-0.3, -0.25) is 0 Å². The van der Waals surface area contributed by atoms with E-state index in [9.17, 15) is 5.11 Å². The van der Waals surface area contributed by atoms with Crippen LogP contribution < -0.4 is 0 Å². The summed E-state index contributed by atoms with van der Waals surface area (Å²) in [5.41, 5.74) is 5.04. The average molecular weight is 261 g/mol. The Bertz CT molecular complexity index is 524. The molecule has 1 unspecified atom stereocenters.